The molecular weight excluding hydrogens is 359 g/mol. The molecule has 0 aliphatic rings. The molecule has 0 amide bonds. The first-order chi connectivity index (χ1) is 9.56. The normalized spacial score (nSPS) is 14.5. The van der Waals surface area contributed by atoms with E-state index in [9.17, 15) is 48.1 Å². The molecule has 0 unspecified atom stereocenters. The van der Waals surface area contributed by atoms with Gasteiger partial charge in [0.15, 0.2) is 10.1 Å². The molecule has 0 aliphatic heterocycles. The maximum absolute atomic E-state index is 13.2. The molecule has 0 aliphatic carbocycles. The van der Waals surface area contributed by atoms with Crippen molar-refractivity contribution in [1.29, 1.82) is 0 Å². The minimum Gasteiger partial charge on any atom is -0.743 e. The Labute approximate surface area is 139 Å². The molecule has 23 heavy (non-hydrogen) atoms. The molecule has 0 saturated carbocycles. The van der Waals surface area contributed by atoms with Crippen LogP contribution in [-0.2, 0) is 10.1 Å². The summed E-state index contributed by atoms with van der Waals surface area (Å²) in [5.41, 5.74) is 0. The van der Waals surface area contributed by atoms with Crippen molar-refractivity contribution in [2.75, 3.05) is 0 Å². The van der Waals surface area contributed by atoms with Crippen molar-refractivity contribution in [2.24, 2.45) is 0 Å². The Morgan fingerprint density at radius 1 is 0.826 bits per heavy atom. The molecule has 0 spiro atoms. The fraction of sp³-hybridized carbons (Fsp3) is 1.00. The molecule has 0 fully saturated rings. The molecule has 0 bridgehead atoms. The van der Waals surface area contributed by atoms with E-state index >= 15 is 0 Å². The van der Waals surface area contributed by atoms with Crippen molar-refractivity contribution in [1.82, 2.24) is 0 Å². The third-order valence-electron chi connectivity index (χ3n) is 2.88. The van der Waals surface area contributed by atoms with E-state index in [0.29, 0.717) is 12.8 Å². The van der Waals surface area contributed by atoms with Gasteiger partial charge in [-0.15, -0.1) is 0 Å². The van der Waals surface area contributed by atoms with E-state index in [0.717, 1.165) is 0 Å². The molecule has 0 aromatic carbocycles. The fourth-order valence-electron chi connectivity index (χ4n) is 1.50. The number of unbranched alkanes of at least 4 members (excludes halogenated alkanes) is 3. The summed E-state index contributed by atoms with van der Waals surface area (Å²) < 4.78 is 134. The minimum atomic E-state index is -7.28. The van der Waals surface area contributed by atoms with Gasteiger partial charge in [0.1, 0.15) is 0 Å². The monoisotopic (exact) mass is 372 g/mol. The van der Waals surface area contributed by atoms with E-state index in [4.69, 9.17) is 0 Å². The van der Waals surface area contributed by atoms with Gasteiger partial charge in [-0.3, -0.25) is 0 Å². The first-order valence-corrected chi connectivity index (χ1v) is 7.43. The largest absolute Gasteiger partial charge is 1.00 e. The van der Waals surface area contributed by atoms with Crippen molar-refractivity contribution >= 4 is 10.1 Å². The van der Waals surface area contributed by atoms with E-state index in [2.05, 4.69) is 0 Å². The van der Waals surface area contributed by atoms with E-state index < -0.39 is 46.0 Å². The fourth-order valence-corrected chi connectivity index (χ4v) is 1.94. The van der Waals surface area contributed by atoms with Crippen LogP contribution in [0.4, 0.5) is 35.1 Å². The van der Waals surface area contributed by atoms with Crippen LogP contribution in [0.15, 0.2) is 0 Å². The zero-order valence-electron chi connectivity index (χ0n) is 12.2. The summed E-state index contributed by atoms with van der Waals surface area (Å²) in [6.07, 6.45) is -1.73. The molecule has 0 aromatic heterocycles. The van der Waals surface area contributed by atoms with Crippen LogP contribution in [0.2, 0.25) is 0 Å². The van der Waals surface area contributed by atoms with Crippen LogP contribution in [0.3, 0.4) is 0 Å². The van der Waals surface area contributed by atoms with Gasteiger partial charge in [-0.2, -0.15) is 35.1 Å². The Morgan fingerprint density at radius 2 is 1.26 bits per heavy atom. The number of halogens is 8. The van der Waals surface area contributed by atoms with Gasteiger partial charge in [0.2, 0.25) is 0 Å². The Hall–Kier alpha value is -0.0526. The Bertz CT molecular complexity index is 480. The van der Waals surface area contributed by atoms with Crippen LogP contribution in [-0.4, -0.2) is 36.0 Å². The molecule has 134 valence electrons. The minimum absolute atomic E-state index is 0. The SMILES string of the molecule is CCCCCCC(F)(F)C(F)(F)C(F)(F)C(F)(F)S(=O)(=O)[O-].[Li+]. The number of rotatable bonds is 9. The molecule has 0 atom stereocenters. The average molecular weight is 372 g/mol. The van der Waals surface area contributed by atoms with Crippen LogP contribution in [0, 0.1) is 0 Å². The molecule has 3 nitrogen and oxygen atoms in total. The summed E-state index contributed by atoms with van der Waals surface area (Å²) >= 11 is 0. The van der Waals surface area contributed by atoms with Crippen LogP contribution >= 0.6 is 0 Å². The molecular formula is C10H13F8LiO3S. The smallest absolute Gasteiger partial charge is 0.743 e. The third-order valence-corrected chi connectivity index (χ3v) is 3.76. The van der Waals surface area contributed by atoms with Crippen molar-refractivity contribution in [3.8, 4) is 0 Å². The number of hydrogen-bond acceptors (Lipinski definition) is 3. The summed E-state index contributed by atoms with van der Waals surface area (Å²) in [5, 5.41) is -6.88. The predicted octanol–water partition coefficient (Wildman–Crippen LogP) is 1.00. The summed E-state index contributed by atoms with van der Waals surface area (Å²) in [6, 6.07) is 0. The summed E-state index contributed by atoms with van der Waals surface area (Å²) in [5.74, 6) is -19.4. The predicted molar refractivity (Wildman–Crippen MR) is 58.2 cm³/mol. The van der Waals surface area contributed by atoms with Gasteiger partial charge in [0.05, 0.1) is 0 Å². The van der Waals surface area contributed by atoms with Gasteiger partial charge in [-0.05, 0) is 6.42 Å². The zero-order valence-corrected chi connectivity index (χ0v) is 13.0. The van der Waals surface area contributed by atoms with E-state index in [1.165, 1.54) is 0 Å². The molecule has 13 heteroatoms. The number of hydrogen-bond donors (Lipinski definition) is 0. The molecule has 0 radical (unpaired) electrons. The van der Waals surface area contributed by atoms with Crippen molar-refractivity contribution in [3.05, 3.63) is 0 Å². The van der Waals surface area contributed by atoms with Gasteiger partial charge < -0.3 is 4.55 Å². The van der Waals surface area contributed by atoms with Gasteiger partial charge >= 0.3 is 41.9 Å². The standard InChI is InChI=1S/C10H14F8O3S.Li/c1-2-3-4-5-6-7(11,12)8(13,14)9(15,16)10(17,18)22(19,20)21;/h2-6H2,1H3,(H,19,20,21);/q;+1/p-1. The van der Waals surface area contributed by atoms with E-state index in [-0.39, 0.29) is 25.3 Å². The molecule has 0 saturated heterocycles. The first-order valence-electron chi connectivity index (χ1n) is 6.03. The molecule has 0 N–H and O–H groups in total. The van der Waals surface area contributed by atoms with E-state index in [1.54, 1.807) is 6.92 Å². The second kappa shape index (κ2) is 7.89. The molecule has 0 rings (SSSR count). The Kier molecular flexibility index (Phi) is 8.64. The molecule has 0 heterocycles. The van der Waals surface area contributed by atoms with Crippen LogP contribution in [0.5, 0.6) is 0 Å². The number of alkyl halides is 8. The zero-order chi connectivity index (χ0) is 18.0. The molecule has 0 aromatic rings. The van der Waals surface area contributed by atoms with Gasteiger partial charge in [-0.1, -0.05) is 26.2 Å². The van der Waals surface area contributed by atoms with Gasteiger partial charge in [-0.25, -0.2) is 8.42 Å². The third kappa shape index (κ3) is 4.73. The van der Waals surface area contributed by atoms with Crippen molar-refractivity contribution in [2.45, 2.75) is 62.0 Å². The maximum Gasteiger partial charge on any atom is 1.00 e. The topological polar surface area (TPSA) is 57.2 Å². The summed E-state index contributed by atoms with van der Waals surface area (Å²) in [6.45, 7) is 1.64. The first kappa shape index (κ1) is 25.2. The van der Waals surface area contributed by atoms with Crippen molar-refractivity contribution < 1.29 is 67.0 Å². The van der Waals surface area contributed by atoms with Crippen molar-refractivity contribution in [3.63, 3.8) is 0 Å². The van der Waals surface area contributed by atoms with Crippen LogP contribution in [0.25, 0.3) is 0 Å². The average Bonchev–Trinajstić information content (AvgIpc) is 2.32. The van der Waals surface area contributed by atoms with Gasteiger partial charge in [0, 0.05) is 6.42 Å². The summed E-state index contributed by atoms with van der Waals surface area (Å²) in [7, 11) is -7.28. The second-order valence-electron chi connectivity index (χ2n) is 4.63. The van der Waals surface area contributed by atoms with Crippen LogP contribution in [0.1, 0.15) is 39.0 Å². The summed E-state index contributed by atoms with van der Waals surface area (Å²) in [4.78, 5) is 0. The Morgan fingerprint density at radius 3 is 1.61 bits per heavy atom. The van der Waals surface area contributed by atoms with Crippen LogP contribution < -0.4 is 18.9 Å². The Balaban J connectivity index is 0. The van der Waals surface area contributed by atoms with E-state index in [1.807, 2.05) is 0 Å². The maximum atomic E-state index is 13.2. The quantitative estimate of drug-likeness (QED) is 0.263. The second-order valence-corrected chi connectivity index (χ2v) is 6.06. The van der Waals surface area contributed by atoms with Gasteiger partial charge in [0.25, 0.3) is 0 Å².